The molecular formula is C27H31F5N6O5. The van der Waals surface area contributed by atoms with E-state index in [2.05, 4.69) is 20.9 Å². The van der Waals surface area contributed by atoms with Gasteiger partial charge >= 0.3 is 17.8 Å². The number of aliphatic imine (C=N–C) groups is 1. The molecule has 0 unspecified atom stereocenters. The minimum absolute atomic E-state index is 0.00270. The van der Waals surface area contributed by atoms with Gasteiger partial charge in [-0.1, -0.05) is 26.0 Å². The molecule has 3 amide bonds. The van der Waals surface area contributed by atoms with E-state index in [1.54, 1.807) is 13.8 Å². The highest BCUT2D eigenvalue weighted by Gasteiger charge is 2.30. The van der Waals surface area contributed by atoms with Gasteiger partial charge in [-0.2, -0.15) is 0 Å². The van der Waals surface area contributed by atoms with Gasteiger partial charge in [0.1, 0.15) is 24.5 Å². The third-order valence-electron chi connectivity index (χ3n) is 5.76. The molecule has 0 aliphatic rings. The third-order valence-corrected chi connectivity index (χ3v) is 5.76. The fourth-order valence-corrected chi connectivity index (χ4v) is 3.69. The lowest BCUT2D eigenvalue weighted by atomic mass is 10.0. The monoisotopic (exact) mass is 614 g/mol. The average molecular weight is 615 g/mol. The predicted octanol–water partition coefficient (Wildman–Crippen LogP) is 2.13. The maximum absolute atomic E-state index is 14.0. The van der Waals surface area contributed by atoms with Gasteiger partial charge in [-0.15, -0.1) is 0 Å². The van der Waals surface area contributed by atoms with Gasteiger partial charge in [0.05, 0.1) is 11.3 Å². The Bertz CT molecular complexity index is 1340. The first-order valence-corrected chi connectivity index (χ1v) is 12.9. The largest absolute Gasteiger partial charge is 0.459 e. The van der Waals surface area contributed by atoms with Crippen molar-refractivity contribution in [3.63, 3.8) is 0 Å². The number of nitrogens with one attached hydrogen (secondary N) is 3. The van der Waals surface area contributed by atoms with E-state index in [0.717, 1.165) is 6.07 Å². The highest BCUT2D eigenvalue weighted by molar-refractivity contribution is 6.40. The molecule has 0 fully saturated rings. The van der Waals surface area contributed by atoms with Gasteiger partial charge in [0, 0.05) is 12.6 Å². The summed E-state index contributed by atoms with van der Waals surface area (Å²) in [7, 11) is 0. The lowest BCUT2D eigenvalue weighted by molar-refractivity contribution is -0.150. The summed E-state index contributed by atoms with van der Waals surface area (Å²) in [6.07, 6.45) is -0.110. The number of halogens is 5. The van der Waals surface area contributed by atoms with Crippen molar-refractivity contribution in [2.75, 3.05) is 11.9 Å². The molecule has 0 aliphatic heterocycles. The average Bonchev–Trinajstić information content (AvgIpc) is 2.93. The van der Waals surface area contributed by atoms with Crippen molar-refractivity contribution in [1.29, 1.82) is 0 Å². The van der Waals surface area contributed by atoms with Gasteiger partial charge in [-0.3, -0.25) is 19.4 Å². The zero-order chi connectivity index (χ0) is 32.3. The van der Waals surface area contributed by atoms with Crippen molar-refractivity contribution in [3.05, 3.63) is 65.0 Å². The lowest BCUT2D eigenvalue weighted by Gasteiger charge is -2.23. The summed E-state index contributed by atoms with van der Waals surface area (Å²) in [6.45, 7) is 2.19. The summed E-state index contributed by atoms with van der Waals surface area (Å²) >= 11 is 0. The van der Waals surface area contributed by atoms with E-state index in [0.29, 0.717) is 0 Å². The fraction of sp³-hybridized carbons (Fsp3) is 0.370. The highest BCUT2D eigenvalue weighted by Crippen LogP contribution is 2.20. The van der Waals surface area contributed by atoms with Gasteiger partial charge in [0.2, 0.25) is 5.91 Å². The van der Waals surface area contributed by atoms with Gasteiger partial charge in [-0.25, -0.2) is 26.7 Å². The van der Waals surface area contributed by atoms with E-state index >= 15 is 0 Å². The summed E-state index contributed by atoms with van der Waals surface area (Å²) in [5, 5.41) is 6.64. The maximum atomic E-state index is 14.0. The van der Waals surface area contributed by atoms with Crippen LogP contribution in [0.3, 0.4) is 0 Å². The van der Waals surface area contributed by atoms with Crippen molar-refractivity contribution < 1.29 is 45.9 Å². The predicted molar refractivity (Wildman–Crippen MR) is 144 cm³/mol. The number of nitrogens with zero attached hydrogens (tertiary/aromatic N) is 1. The molecule has 0 aliphatic carbocycles. The van der Waals surface area contributed by atoms with Crippen LogP contribution in [0.15, 0.2) is 35.3 Å². The topological polar surface area (TPSA) is 178 Å². The molecule has 0 aromatic heterocycles. The quantitative estimate of drug-likeness (QED) is 0.0436. The minimum Gasteiger partial charge on any atom is -0.459 e. The van der Waals surface area contributed by atoms with E-state index in [1.807, 2.05) is 0 Å². The maximum Gasteiger partial charge on any atom is 0.328 e. The van der Waals surface area contributed by atoms with Gasteiger partial charge in [0.15, 0.2) is 29.2 Å². The number of ether oxygens (including phenoxy) is 1. The molecule has 2 rings (SSSR count). The molecule has 7 N–H and O–H groups in total. The number of rotatable bonds is 13. The first kappa shape index (κ1) is 34.4. The standard InChI is InChI=1S/C27H31F5N6O5/c1-13(2)10-20(38-25(41)24(40)36-18-7-4-3-6-15(18)28)23(39)37-19(8-5-9-35-27(33)34)26(42)43-12-14-21(31)16(29)11-17(30)22(14)32/h3-4,6-7,11,13,19-20H,5,8-10,12H2,1-2H3,(H,36,40)(H,37,39)(H,38,41)(H4,33,34,35)/t19-,20-/m0/s1. The molecule has 0 bridgehead atoms. The Kier molecular flexibility index (Phi) is 12.8. The highest BCUT2D eigenvalue weighted by atomic mass is 19.2. The smallest absolute Gasteiger partial charge is 0.328 e. The number of benzene rings is 2. The first-order valence-electron chi connectivity index (χ1n) is 12.9. The van der Waals surface area contributed by atoms with Crippen LogP contribution in [0.2, 0.25) is 0 Å². The minimum atomic E-state index is -1.77. The molecule has 16 heteroatoms. The Hall–Kier alpha value is -4.76. The number of carbonyl (C=O) groups is 4. The molecule has 0 saturated heterocycles. The van der Waals surface area contributed by atoms with Crippen molar-refractivity contribution in [2.45, 2.75) is 51.8 Å². The Morgan fingerprint density at radius 2 is 1.51 bits per heavy atom. The SMILES string of the molecule is CC(C)C[C@H](NC(=O)C(=O)Nc1ccccc1F)C(=O)N[C@@H](CCCN=C(N)N)C(=O)OCc1c(F)c(F)cc(F)c1F. The second kappa shape index (κ2) is 16.0. The van der Waals surface area contributed by atoms with Crippen molar-refractivity contribution in [2.24, 2.45) is 22.4 Å². The summed E-state index contributed by atoms with van der Waals surface area (Å²) in [5.41, 5.74) is 9.07. The van der Waals surface area contributed by atoms with Crippen LogP contribution < -0.4 is 27.4 Å². The summed E-state index contributed by atoms with van der Waals surface area (Å²) in [4.78, 5) is 54.6. The van der Waals surface area contributed by atoms with Crippen LogP contribution in [0.1, 0.15) is 38.7 Å². The lowest BCUT2D eigenvalue weighted by Crippen LogP contribution is -2.54. The molecule has 2 aromatic carbocycles. The van der Waals surface area contributed by atoms with Crippen LogP contribution in [-0.2, 0) is 30.5 Å². The molecule has 0 radical (unpaired) electrons. The number of anilines is 1. The number of amides is 3. The Morgan fingerprint density at radius 3 is 2.09 bits per heavy atom. The van der Waals surface area contributed by atoms with E-state index in [-0.39, 0.29) is 49.4 Å². The van der Waals surface area contributed by atoms with Crippen molar-refractivity contribution in [1.82, 2.24) is 10.6 Å². The van der Waals surface area contributed by atoms with Gasteiger partial charge in [-0.05, 0) is 37.3 Å². The van der Waals surface area contributed by atoms with Crippen LogP contribution >= 0.6 is 0 Å². The number of para-hydroxylation sites is 1. The molecule has 0 heterocycles. The molecule has 43 heavy (non-hydrogen) atoms. The van der Waals surface area contributed by atoms with E-state index in [1.165, 1.54) is 18.2 Å². The molecule has 234 valence electrons. The van der Waals surface area contributed by atoms with Crippen LogP contribution in [0.25, 0.3) is 0 Å². The third kappa shape index (κ3) is 10.5. The van der Waals surface area contributed by atoms with Gasteiger partial charge < -0.3 is 32.2 Å². The van der Waals surface area contributed by atoms with Crippen LogP contribution in [0.5, 0.6) is 0 Å². The van der Waals surface area contributed by atoms with Gasteiger partial charge in [0.25, 0.3) is 0 Å². The number of hydrogen-bond acceptors (Lipinski definition) is 6. The molecule has 2 aromatic rings. The number of hydrogen-bond donors (Lipinski definition) is 5. The number of guanidine groups is 1. The zero-order valence-electron chi connectivity index (χ0n) is 23.2. The van der Waals surface area contributed by atoms with Crippen LogP contribution in [-0.4, -0.2) is 48.3 Å². The van der Waals surface area contributed by atoms with E-state index in [9.17, 15) is 41.1 Å². The Balaban J connectivity index is 2.19. The first-order chi connectivity index (χ1) is 20.2. The molecule has 2 atom stereocenters. The van der Waals surface area contributed by atoms with Crippen LogP contribution in [0.4, 0.5) is 27.6 Å². The van der Waals surface area contributed by atoms with E-state index < -0.39 is 77.0 Å². The molecule has 0 saturated carbocycles. The number of nitrogens with two attached hydrogens (primary N) is 2. The Morgan fingerprint density at radius 1 is 0.884 bits per heavy atom. The number of carbonyl (C=O) groups excluding carboxylic acids is 4. The fourth-order valence-electron chi connectivity index (χ4n) is 3.69. The normalized spacial score (nSPS) is 12.2. The second-order valence-corrected chi connectivity index (χ2v) is 9.65. The molecule has 11 nitrogen and oxygen atoms in total. The second-order valence-electron chi connectivity index (χ2n) is 9.65. The summed E-state index contributed by atoms with van der Waals surface area (Å²) in [5.74, 6) is -13.0. The van der Waals surface area contributed by atoms with E-state index in [4.69, 9.17) is 16.2 Å². The van der Waals surface area contributed by atoms with Crippen molar-refractivity contribution in [3.8, 4) is 0 Å². The summed E-state index contributed by atoms with van der Waals surface area (Å²) in [6, 6.07) is 2.17. The number of esters is 1. The Labute approximate surface area is 243 Å². The molecule has 0 spiro atoms. The van der Waals surface area contributed by atoms with Crippen molar-refractivity contribution >= 4 is 35.3 Å². The zero-order valence-corrected chi connectivity index (χ0v) is 23.2. The molecular weight excluding hydrogens is 583 g/mol. The summed E-state index contributed by atoms with van der Waals surface area (Å²) < 4.78 is 73.9. The van der Waals surface area contributed by atoms with Crippen LogP contribution in [0, 0.1) is 35.0 Å².